The lowest BCUT2D eigenvalue weighted by Gasteiger charge is -2.37. The molecule has 2 fully saturated rings. The van der Waals surface area contributed by atoms with E-state index in [-0.39, 0.29) is 24.1 Å². The van der Waals surface area contributed by atoms with Gasteiger partial charge in [0.25, 0.3) is 0 Å². The Morgan fingerprint density at radius 1 is 1.24 bits per heavy atom. The van der Waals surface area contributed by atoms with Gasteiger partial charge in [-0.2, -0.15) is 0 Å². The van der Waals surface area contributed by atoms with Crippen molar-refractivity contribution < 1.29 is 14.0 Å². The summed E-state index contributed by atoms with van der Waals surface area (Å²) in [5.41, 5.74) is 0.812. The Kier molecular flexibility index (Phi) is 5.65. The van der Waals surface area contributed by atoms with Crippen molar-refractivity contribution in [3.63, 3.8) is 0 Å². The van der Waals surface area contributed by atoms with E-state index >= 15 is 0 Å². The monoisotopic (exact) mass is 348 g/mol. The van der Waals surface area contributed by atoms with Crippen LogP contribution in [0.3, 0.4) is 0 Å². The van der Waals surface area contributed by atoms with E-state index in [4.69, 9.17) is 0 Å². The van der Waals surface area contributed by atoms with Crippen molar-refractivity contribution in [2.24, 2.45) is 0 Å². The molecule has 7 heteroatoms. The number of hydrogen-bond donors (Lipinski definition) is 1. The lowest BCUT2D eigenvalue weighted by atomic mass is 10.1. The van der Waals surface area contributed by atoms with E-state index in [1.807, 2.05) is 22.9 Å². The Labute approximate surface area is 147 Å². The van der Waals surface area contributed by atoms with E-state index in [9.17, 15) is 14.0 Å². The Bertz CT molecular complexity index is 631. The van der Waals surface area contributed by atoms with Crippen LogP contribution >= 0.6 is 0 Å². The summed E-state index contributed by atoms with van der Waals surface area (Å²) in [5.74, 6) is -0.395. The zero-order valence-corrected chi connectivity index (χ0v) is 14.6. The summed E-state index contributed by atoms with van der Waals surface area (Å²) in [5, 5.41) is 2.84. The highest BCUT2D eigenvalue weighted by Gasteiger charge is 2.33. The molecule has 1 aromatic carbocycles. The average Bonchev–Trinajstić information content (AvgIpc) is 2.58. The second kappa shape index (κ2) is 7.93. The summed E-state index contributed by atoms with van der Waals surface area (Å²) < 4.78 is 13.4. The van der Waals surface area contributed by atoms with Gasteiger partial charge in [-0.05, 0) is 24.7 Å². The van der Waals surface area contributed by atoms with Gasteiger partial charge in [0.15, 0.2) is 0 Å². The first kappa shape index (κ1) is 17.8. The summed E-state index contributed by atoms with van der Waals surface area (Å²) in [6.45, 7) is 4.79. The minimum absolute atomic E-state index is 0.0133. The molecule has 3 rings (SSSR count). The minimum Gasteiger partial charge on any atom is -0.353 e. The molecule has 6 nitrogen and oxygen atoms in total. The molecule has 0 aliphatic carbocycles. The van der Waals surface area contributed by atoms with Gasteiger partial charge in [0.05, 0.1) is 12.5 Å². The Hall–Kier alpha value is -1.99. The van der Waals surface area contributed by atoms with Crippen molar-refractivity contribution in [2.75, 3.05) is 46.3 Å². The van der Waals surface area contributed by atoms with Crippen molar-refractivity contribution in [2.45, 2.75) is 19.0 Å². The number of nitrogens with zero attached hydrogens (tertiary/aromatic N) is 3. The third-order valence-electron chi connectivity index (χ3n) is 4.94. The lowest BCUT2D eigenvalue weighted by Crippen LogP contribution is -2.57. The minimum atomic E-state index is -0.496. The van der Waals surface area contributed by atoms with Crippen LogP contribution in [0.4, 0.5) is 4.39 Å². The maximum absolute atomic E-state index is 13.4. The first-order chi connectivity index (χ1) is 12.0. The number of carbonyl (C=O) groups is 2. The summed E-state index contributed by atoms with van der Waals surface area (Å²) in [6.07, 6.45) is 0.171. The summed E-state index contributed by atoms with van der Waals surface area (Å²) in [6, 6.07) is 5.89. The highest BCUT2D eigenvalue weighted by atomic mass is 19.1. The molecule has 2 aliphatic rings. The summed E-state index contributed by atoms with van der Waals surface area (Å²) in [7, 11) is 2.04. The Balaban J connectivity index is 1.65. The third kappa shape index (κ3) is 4.55. The van der Waals surface area contributed by atoms with Crippen molar-refractivity contribution in [3.05, 3.63) is 35.6 Å². The van der Waals surface area contributed by atoms with Gasteiger partial charge >= 0.3 is 0 Å². The van der Waals surface area contributed by atoms with Crippen LogP contribution in [0.1, 0.15) is 12.0 Å². The van der Waals surface area contributed by atoms with Crippen molar-refractivity contribution in [3.8, 4) is 0 Å². The van der Waals surface area contributed by atoms with Crippen LogP contribution in [-0.4, -0.2) is 78.9 Å². The summed E-state index contributed by atoms with van der Waals surface area (Å²) in [4.78, 5) is 30.9. The van der Waals surface area contributed by atoms with E-state index < -0.39 is 6.04 Å². The molecule has 1 unspecified atom stereocenters. The summed E-state index contributed by atoms with van der Waals surface area (Å²) >= 11 is 0. The molecule has 2 heterocycles. The molecule has 2 saturated heterocycles. The predicted molar refractivity (Wildman–Crippen MR) is 92.3 cm³/mol. The number of carbonyl (C=O) groups excluding carboxylic acids is 2. The number of halogens is 1. The number of hydrogen-bond acceptors (Lipinski definition) is 4. The van der Waals surface area contributed by atoms with Crippen LogP contribution in [0.2, 0.25) is 0 Å². The van der Waals surface area contributed by atoms with Crippen molar-refractivity contribution in [1.82, 2.24) is 20.0 Å². The van der Waals surface area contributed by atoms with Crippen LogP contribution in [0, 0.1) is 5.82 Å². The maximum Gasteiger partial charge on any atom is 0.237 e. The molecule has 0 spiro atoms. The smallest absolute Gasteiger partial charge is 0.237 e. The van der Waals surface area contributed by atoms with Crippen molar-refractivity contribution in [1.29, 1.82) is 0 Å². The van der Waals surface area contributed by atoms with Gasteiger partial charge in [0, 0.05) is 45.8 Å². The zero-order chi connectivity index (χ0) is 17.8. The molecule has 2 amide bonds. The maximum atomic E-state index is 13.4. The molecule has 25 heavy (non-hydrogen) atoms. The number of nitrogens with one attached hydrogen (secondary N) is 1. The molecule has 0 bridgehead atoms. The quantitative estimate of drug-likeness (QED) is 0.850. The first-order valence-corrected chi connectivity index (χ1v) is 8.75. The number of likely N-dealkylation sites (N-methyl/N-ethyl adjacent to an activating group) is 1. The second-order valence-electron chi connectivity index (χ2n) is 6.80. The fourth-order valence-electron chi connectivity index (χ4n) is 3.39. The SMILES string of the molecule is CN1CCN(C(=O)CC2C(=O)NCCN2Cc2cccc(F)c2)CC1. The van der Waals surface area contributed by atoms with E-state index in [0.717, 1.165) is 18.7 Å². The second-order valence-corrected chi connectivity index (χ2v) is 6.80. The molecule has 1 aromatic rings. The molecule has 2 aliphatic heterocycles. The molecule has 0 radical (unpaired) electrons. The van der Waals surface area contributed by atoms with E-state index in [1.165, 1.54) is 12.1 Å². The largest absolute Gasteiger partial charge is 0.353 e. The predicted octanol–water partition coefficient (Wildman–Crippen LogP) is 0.290. The van der Waals surface area contributed by atoms with E-state index in [2.05, 4.69) is 10.2 Å². The standard InChI is InChI=1S/C18H25FN4O2/c1-21-7-9-22(10-8-21)17(24)12-16-18(25)20-5-6-23(16)13-14-3-2-4-15(19)11-14/h2-4,11,16H,5-10,12-13H2,1H3,(H,20,25). The topological polar surface area (TPSA) is 55.9 Å². The molecule has 136 valence electrons. The van der Waals surface area contributed by atoms with Crippen LogP contribution < -0.4 is 5.32 Å². The average molecular weight is 348 g/mol. The van der Waals surface area contributed by atoms with Crippen LogP contribution in [-0.2, 0) is 16.1 Å². The van der Waals surface area contributed by atoms with Gasteiger partial charge in [0.2, 0.25) is 11.8 Å². The van der Waals surface area contributed by atoms with Gasteiger partial charge in [0.1, 0.15) is 5.82 Å². The van der Waals surface area contributed by atoms with Gasteiger partial charge in [-0.15, -0.1) is 0 Å². The van der Waals surface area contributed by atoms with E-state index in [0.29, 0.717) is 32.7 Å². The van der Waals surface area contributed by atoms with E-state index in [1.54, 1.807) is 6.07 Å². The zero-order valence-electron chi connectivity index (χ0n) is 14.6. The normalized spacial score (nSPS) is 22.7. The molecular formula is C18H25FN4O2. The third-order valence-corrected chi connectivity index (χ3v) is 4.94. The number of piperazine rings is 2. The Morgan fingerprint density at radius 3 is 2.72 bits per heavy atom. The van der Waals surface area contributed by atoms with Gasteiger partial charge in [-0.3, -0.25) is 14.5 Å². The van der Waals surface area contributed by atoms with Gasteiger partial charge in [-0.1, -0.05) is 12.1 Å². The lowest BCUT2D eigenvalue weighted by molar-refractivity contribution is -0.140. The number of amides is 2. The Morgan fingerprint density at radius 2 is 2.00 bits per heavy atom. The fourth-order valence-corrected chi connectivity index (χ4v) is 3.39. The first-order valence-electron chi connectivity index (χ1n) is 8.75. The molecule has 0 aromatic heterocycles. The van der Waals surface area contributed by atoms with Crippen molar-refractivity contribution >= 4 is 11.8 Å². The highest BCUT2D eigenvalue weighted by Crippen LogP contribution is 2.16. The van der Waals surface area contributed by atoms with Gasteiger partial charge in [-0.25, -0.2) is 4.39 Å². The number of rotatable bonds is 4. The highest BCUT2D eigenvalue weighted by molar-refractivity contribution is 5.88. The van der Waals surface area contributed by atoms with Crippen LogP contribution in [0.15, 0.2) is 24.3 Å². The van der Waals surface area contributed by atoms with Crippen LogP contribution in [0.5, 0.6) is 0 Å². The number of benzene rings is 1. The van der Waals surface area contributed by atoms with Crippen LogP contribution in [0.25, 0.3) is 0 Å². The molecule has 0 saturated carbocycles. The molecule has 1 N–H and O–H groups in total. The van der Waals surface area contributed by atoms with Gasteiger partial charge < -0.3 is 15.1 Å². The fraction of sp³-hybridized carbons (Fsp3) is 0.556. The molecule has 1 atom stereocenters. The molecular weight excluding hydrogens is 323 g/mol.